The number of nitriles is 1. The smallest absolute Gasteiger partial charge is 0.410 e. The summed E-state index contributed by atoms with van der Waals surface area (Å²) in [6.45, 7) is 8.70. The predicted octanol–water partition coefficient (Wildman–Crippen LogP) is 4.71. The summed E-state index contributed by atoms with van der Waals surface area (Å²) in [5, 5.41) is 14.8. The van der Waals surface area contributed by atoms with Crippen LogP contribution >= 0.6 is 0 Å². The molecule has 0 N–H and O–H groups in total. The number of rotatable bonds is 4. The zero-order valence-corrected chi connectivity index (χ0v) is 21.1. The van der Waals surface area contributed by atoms with Gasteiger partial charge in [-0.05, 0) is 58.7 Å². The van der Waals surface area contributed by atoms with Crippen LogP contribution in [0.3, 0.4) is 0 Å². The van der Waals surface area contributed by atoms with Crippen LogP contribution in [0.1, 0.15) is 56.4 Å². The van der Waals surface area contributed by atoms with E-state index in [9.17, 15) is 10.1 Å². The molecule has 1 aliphatic rings. The van der Waals surface area contributed by atoms with Crippen LogP contribution < -0.4 is 9.47 Å². The molecule has 0 aliphatic carbocycles. The molecule has 0 saturated carbocycles. The molecule has 0 spiro atoms. The van der Waals surface area contributed by atoms with Gasteiger partial charge in [-0.1, -0.05) is 0 Å². The lowest BCUT2D eigenvalue weighted by molar-refractivity contribution is 0.0203. The average Bonchev–Trinajstić information content (AvgIpc) is 3.22. The maximum atomic E-state index is 12.5. The van der Waals surface area contributed by atoms with E-state index in [1.54, 1.807) is 29.8 Å². The predicted molar refractivity (Wildman–Crippen MR) is 131 cm³/mol. The van der Waals surface area contributed by atoms with Crippen LogP contribution in [0.25, 0.3) is 16.9 Å². The van der Waals surface area contributed by atoms with Crippen molar-refractivity contribution in [3.63, 3.8) is 0 Å². The Hall–Kier alpha value is -3.80. The Morgan fingerprint density at radius 1 is 1.14 bits per heavy atom. The van der Waals surface area contributed by atoms with E-state index in [1.807, 2.05) is 45.9 Å². The summed E-state index contributed by atoms with van der Waals surface area (Å²) < 4.78 is 18.3. The highest BCUT2D eigenvalue weighted by molar-refractivity contribution is 5.77. The van der Waals surface area contributed by atoms with Gasteiger partial charge in [0, 0.05) is 42.0 Å². The van der Waals surface area contributed by atoms with Crippen LogP contribution in [-0.2, 0) is 4.74 Å². The number of carbonyl (C=O) groups is 1. The highest BCUT2D eigenvalue weighted by Crippen LogP contribution is 2.37. The average molecular weight is 478 g/mol. The van der Waals surface area contributed by atoms with Crippen LogP contribution in [0.4, 0.5) is 4.79 Å². The molecule has 184 valence electrons. The lowest BCUT2D eigenvalue weighted by atomic mass is 9.93. The van der Waals surface area contributed by atoms with Crippen molar-refractivity contribution in [1.29, 1.82) is 5.26 Å². The number of likely N-dealkylation sites (tertiary alicyclic amines) is 1. The number of ether oxygens (including phenoxy) is 3. The first-order valence-corrected chi connectivity index (χ1v) is 11.7. The lowest BCUT2D eigenvalue weighted by Crippen LogP contribution is -2.41. The molecule has 1 aromatic carbocycles. The van der Waals surface area contributed by atoms with E-state index in [4.69, 9.17) is 19.3 Å². The minimum absolute atomic E-state index is 0.167. The molecule has 1 saturated heterocycles. The molecule has 3 aromatic rings. The molecular weight excluding hydrogens is 446 g/mol. The minimum Gasteiger partial charge on any atom is -0.496 e. The summed E-state index contributed by atoms with van der Waals surface area (Å²) in [7, 11) is 3.20. The van der Waals surface area contributed by atoms with Crippen molar-refractivity contribution in [1.82, 2.24) is 19.5 Å². The Labute approximate surface area is 205 Å². The molecule has 1 aliphatic heterocycles. The summed E-state index contributed by atoms with van der Waals surface area (Å²) in [5.41, 5.74) is 3.46. The van der Waals surface area contributed by atoms with Crippen molar-refractivity contribution in [3.05, 3.63) is 41.2 Å². The molecule has 4 rings (SSSR count). The van der Waals surface area contributed by atoms with Gasteiger partial charge in [-0.2, -0.15) is 10.4 Å². The fraction of sp³-hybridized carbons (Fsp3) is 0.462. The number of benzene rings is 1. The summed E-state index contributed by atoms with van der Waals surface area (Å²) in [6, 6.07) is 7.94. The molecule has 1 fully saturated rings. The maximum absolute atomic E-state index is 12.5. The monoisotopic (exact) mass is 477 g/mol. The van der Waals surface area contributed by atoms with Crippen LogP contribution in [-0.4, -0.2) is 58.5 Å². The molecule has 0 atom stereocenters. The number of amides is 1. The number of fused-ring (bicyclic) bond motifs is 1. The van der Waals surface area contributed by atoms with Gasteiger partial charge >= 0.3 is 6.09 Å². The summed E-state index contributed by atoms with van der Waals surface area (Å²) in [5.74, 6) is 1.48. The van der Waals surface area contributed by atoms with Gasteiger partial charge in [0.15, 0.2) is 5.65 Å². The molecule has 2 aromatic heterocycles. The molecule has 9 nitrogen and oxygen atoms in total. The van der Waals surface area contributed by atoms with Crippen molar-refractivity contribution in [2.45, 2.75) is 52.1 Å². The fourth-order valence-corrected chi connectivity index (χ4v) is 4.48. The Morgan fingerprint density at radius 3 is 2.31 bits per heavy atom. The van der Waals surface area contributed by atoms with Crippen molar-refractivity contribution in [2.24, 2.45) is 0 Å². The minimum atomic E-state index is -0.522. The zero-order valence-electron chi connectivity index (χ0n) is 21.1. The fourth-order valence-electron chi connectivity index (χ4n) is 4.48. The van der Waals surface area contributed by atoms with E-state index in [-0.39, 0.29) is 12.0 Å². The van der Waals surface area contributed by atoms with Gasteiger partial charge in [-0.3, -0.25) is 0 Å². The molecule has 35 heavy (non-hydrogen) atoms. The Morgan fingerprint density at radius 2 is 1.77 bits per heavy atom. The van der Waals surface area contributed by atoms with Crippen molar-refractivity contribution in [2.75, 3.05) is 27.3 Å². The number of hydrogen-bond acceptors (Lipinski definition) is 7. The van der Waals surface area contributed by atoms with Crippen molar-refractivity contribution in [3.8, 4) is 28.8 Å². The SMILES string of the molecule is COc1cc(-c2nn3c(C4CCN(C(=O)OC(C)(C)C)CC4)ccnc3c2C#N)cc(OC)c1C. The van der Waals surface area contributed by atoms with Gasteiger partial charge in [-0.25, -0.2) is 14.3 Å². The molecule has 0 radical (unpaired) electrons. The second-order valence-corrected chi connectivity index (χ2v) is 9.69. The Bertz CT molecular complexity index is 1270. The van der Waals surface area contributed by atoms with Crippen LogP contribution in [0.2, 0.25) is 0 Å². The molecule has 3 heterocycles. The summed E-state index contributed by atoms with van der Waals surface area (Å²) in [4.78, 5) is 18.7. The van der Waals surface area contributed by atoms with Gasteiger partial charge in [0.25, 0.3) is 0 Å². The number of aromatic nitrogens is 3. The summed E-state index contributed by atoms with van der Waals surface area (Å²) in [6.07, 6.45) is 2.96. The van der Waals surface area contributed by atoms with E-state index >= 15 is 0 Å². The zero-order chi connectivity index (χ0) is 25.3. The third-order valence-electron chi connectivity index (χ3n) is 6.25. The number of piperidine rings is 1. The quantitative estimate of drug-likeness (QED) is 0.536. The van der Waals surface area contributed by atoms with Gasteiger partial charge in [0.2, 0.25) is 0 Å². The number of nitrogens with zero attached hydrogens (tertiary/aromatic N) is 5. The van der Waals surface area contributed by atoms with E-state index in [0.717, 1.165) is 29.7 Å². The van der Waals surface area contributed by atoms with Crippen LogP contribution in [0, 0.1) is 18.3 Å². The Kier molecular flexibility index (Phi) is 6.57. The van der Waals surface area contributed by atoms with Gasteiger partial charge < -0.3 is 19.1 Å². The van der Waals surface area contributed by atoms with Crippen molar-refractivity contribution >= 4 is 11.7 Å². The second-order valence-electron chi connectivity index (χ2n) is 9.69. The van der Waals surface area contributed by atoms with Crippen molar-refractivity contribution < 1.29 is 19.0 Å². The number of carbonyl (C=O) groups excluding carboxylic acids is 1. The van der Waals surface area contributed by atoms with Gasteiger partial charge in [-0.15, -0.1) is 0 Å². The summed E-state index contributed by atoms with van der Waals surface area (Å²) >= 11 is 0. The molecular formula is C26H31N5O4. The number of hydrogen-bond donors (Lipinski definition) is 0. The molecule has 1 amide bonds. The topological polar surface area (TPSA) is 102 Å². The second kappa shape index (κ2) is 9.45. The molecule has 9 heteroatoms. The van der Waals surface area contributed by atoms with E-state index in [1.165, 1.54) is 0 Å². The Balaban J connectivity index is 1.69. The number of methoxy groups -OCH3 is 2. The standard InChI is InChI=1S/C26H31N5O4/c1-16-21(33-5)13-18(14-22(16)34-6)23-19(15-27)24-28-10-7-20(31(24)29-23)17-8-11-30(12-9-17)25(32)35-26(2,3)4/h7,10,13-14,17H,8-9,11-12H2,1-6H3. The normalized spacial score (nSPS) is 14.6. The maximum Gasteiger partial charge on any atom is 0.410 e. The molecule has 0 unspecified atom stereocenters. The van der Waals surface area contributed by atoms with Gasteiger partial charge in [0.1, 0.15) is 34.4 Å². The highest BCUT2D eigenvalue weighted by atomic mass is 16.6. The van der Waals surface area contributed by atoms with Crippen LogP contribution in [0.5, 0.6) is 11.5 Å². The van der Waals surface area contributed by atoms with E-state index < -0.39 is 5.60 Å². The van der Waals surface area contributed by atoms with Gasteiger partial charge in [0.05, 0.1) is 14.2 Å². The van der Waals surface area contributed by atoms with E-state index in [2.05, 4.69) is 11.1 Å². The third-order valence-corrected chi connectivity index (χ3v) is 6.25. The third kappa shape index (κ3) is 4.74. The largest absolute Gasteiger partial charge is 0.496 e. The first-order valence-electron chi connectivity index (χ1n) is 11.7. The first-order chi connectivity index (χ1) is 16.7. The highest BCUT2D eigenvalue weighted by Gasteiger charge is 2.29. The lowest BCUT2D eigenvalue weighted by Gasteiger charge is -2.33. The van der Waals surface area contributed by atoms with Crippen LogP contribution in [0.15, 0.2) is 24.4 Å². The first kappa shape index (κ1) is 24.3. The molecule has 0 bridgehead atoms. The van der Waals surface area contributed by atoms with E-state index in [0.29, 0.717) is 41.5 Å².